The van der Waals surface area contributed by atoms with Crippen LogP contribution in [0.3, 0.4) is 0 Å². The molecule has 188 valence electrons. The van der Waals surface area contributed by atoms with Gasteiger partial charge in [-0.3, -0.25) is 4.98 Å². The summed E-state index contributed by atoms with van der Waals surface area (Å²) in [5, 5.41) is 5.78. The van der Waals surface area contributed by atoms with Crippen molar-refractivity contribution in [2.24, 2.45) is 0 Å². The van der Waals surface area contributed by atoms with Crippen LogP contribution >= 0.6 is 0 Å². The van der Waals surface area contributed by atoms with Crippen molar-refractivity contribution in [1.29, 1.82) is 0 Å². The predicted octanol–water partition coefficient (Wildman–Crippen LogP) is 3.10. The molecular formula is C25H30F2N4O4. The van der Waals surface area contributed by atoms with Gasteiger partial charge in [-0.2, -0.15) is 8.78 Å². The predicted molar refractivity (Wildman–Crippen MR) is 125 cm³/mol. The lowest BCUT2D eigenvalue weighted by molar-refractivity contribution is -0.135. The van der Waals surface area contributed by atoms with Gasteiger partial charge in [0.1, 0.15) is 17.1 Å². The fourth-order valence-electron chi connectivity index (χ4n) is 5.38. The zero-order valence-corrected chi connectivity index (χ0v) is 20.3. The Morgan fingerprint density at radius 2 is 1.97 bits per heavy atom. The van der Waals surface area contributed by atoms with Crippen molar-refractivity contribution in [2.75, 3.05) is 26.9 Å². The average Bonchev–Trinajstić information content (AvgIpc) is 3.42. The lowest BCUT2D eigenvalue weighted by Gasteiger charge is -2.26. The standard InChI is InChI=1S/C25H30F2N4O4/c1-13(12-34-25(26)27)31-23-17-10-21(32-4)18(22-14(2)30-35-15(22)3)9-19(17)28-11-20(23)29-24(31)16-5-7-33-8-6-16/h9-11,13,16,18,21,25H,5-8,12H2,1-4H3/t13-,18?,21?/m1/s1. The second-order valence-electron chi connectivity index (χ2n) is 9.26. The average molecular weight is 489 g/mol. The molecular weight excluding hydrogens is 458 g/mol. The molecule has 0 amide bonds. The van der Waals surface area contributed by atoms with Crippen LogP contribution in [0.15, 0.2) is 10.7 Å². The minimum Gasteiger partial charge on any atom is -0.381 e. The van der Waals surface area contributed by atoms with E-state index in [1.807, 2.05) is 26.8 Å². The van der Waals surface area contributed by atoms with Crippen LogP contribution in [0.4, 0.5) is 8.78 Å². The zero-order valence-electron chi connectivity index (χ0n) is 20.3. The van der Waals surface area contributed by atoms with Crippen LogP contribution in [0.5, 0.6) is 0 Å². The van der Waals surface area contributed by atoms with E-state index in [0.29, 0.717) is 13.2 Å². The highest BCUT2D eigenvalue weighted by Crippen LogP contribution is 2.33. The molecule has 0 spiro atoms. The molecule has 35 heavy (non-hydrogen) atoms. The molecule has 1 aliphatic heterocycles. The monoisotopic (exact) mass is 488 g/mol. The molecule has 10 heteroatoms. The molecule has 0 aromatic carbocycles. The highest BCUT2D eigenvalue weighted by Gasteiger charge is 2.31. The minimum absolute atomic E-state index is 0.116. The smallest absolute Gasteiger partial charge is 0.345 e. The first-order valence-corrected chi connectivity index (χ1v) is 11.9. The largest absolute Gasteiger partial charge is 0.381 e. The van der Waals surface area contributed by atoms with Gasteiger partial charge in [-0.15, -0.1) is 0 Å². The second kappa shape index (κ2) is 9.75. The first-order chi connectivity index (χ1) is 16.9. The van der Waals surface area contributed by atoms with Crippen LogP contribution in [0.2, 0.25) is 0 Å². The van der Waals surface area contributed by atoms with E-state index in [1.165, 1.54) is 0 Å². The van der Waals surface area contributed by atoms with Gasteiger partial charge in [0.2, 0.25) is 0 Å². The van der Waals surface area contributed by atoms with E-state index in [2.05, 4.69) is 15.8 Å². The minimum atomic E-state index is -2.83. The van der Waals surface area contributed by atoms with Crippen LogP contribution in [0.1, 0.15) is 60.5 Å². The number of halogens is 2. The van der Waals surface area contributed by atoms with Crippen molar-refractivity contribution >= 4 is 23.2 Å². The SMILES string of the molecule is COC1C=c2c(ncc3nc(C4CCOCC4)n([C@H](C)COC(F)F)c23)=CC1c1c(C)noc1C. The molecule has 1 saturated heterocycles. The second-order valence-corrected chi connectivity index (χ2v) is 9.26. The van der Waals surface area contributed by atoms with Crippen molar-refractivity contribution in [3.63, 3.8) is 0 Å². The van der Waals surface area contributed by atoms with E-state index < -0.39 is 6.61 Å². The molecule has 3 aromatic heterocycles. The summed E-state index contributed by atoms with van der Waals surface area (Å²) in [7, 11) is 1.67. The number of aryl methyl sites for hydroxylation is 2. The topological polar surface area (TPSA) is 84.4 Å². The van der Waals surface area contributed by atoms with Crippen LogP contribution in [-0.2, 0) is 14.2 Å². The molecule has 0 radical (unpaired) electrons. The summed E-state index contributed by atoms with van der Waals surface area (Å²) in [6, 6.07) is -0.354. The maximum Gasteiger partial charge on any atom is 0.345 e. The molecule has 0 bridgehead atoms. The third kappa shape index (κ3) is 4.39. The summed E-state index contributed by atoms with van der Waals surface area (Å²) < 4.78 is 49.4. The Balaban J connectivity index is 1.71. The molecule has 3 aromatic rings. The molecule has 0 N–H and O–H groups in total. The van der Waals surface area contributed by atoms with Gasteiger partial charge in [0, 0.05) is 42.9 Å². The molecule has 5 rings (SSSR count). The summed E-state index contributed by atoms with van der Waals surface area (Å²) in [6.07, 6.45) is 7.25. The van der Waals surface area contributed by atoms with Gasteiger partial charge in [-0.1, -0.05) is 5.16 Å². The number of rotatable bonds is 7. The van der Waals surface area contributed by atoms with Crippen LogP contribution in [0.25, 0.3) is 23.2 Å². The van der Waals surface area contributed by atoms with E-state index in [9.17, 15) is 8.78 Å². The van der Waals surface area contributed by atoms with Gasteiger partial charge >= 0.3 is 6.61 Å². The summed E-state index contributed by atoms with van der Waals surface area (Å²) in [5.74, 6) is 1.66. The van der Waals surface area contributed by atoms with Gasteiger partial charge in [0.25, 0.3) is 0 Å². The molecule has 4 heterocycles. The Bertz CT molecular complexity index is 1310. The zero-order chi connectivity index (χ0) is 24.7. The number of hydrogen-bond donors (Lipinski definition) is 0. The highest BCUT2D eigenvalue weighted by atomic mass is 19.3. The van der Waals surface area contributed by atoms with Crippen molar-refractivity contribution < 1.29 is 27.5 Å². The van der Waals surface area contributed by atoms with Gasteiger partial charge < -0.3 is 23.3 Å². The lowest BCUT2D eigenvalue weighted by atomic mass is 9.88. The van der Waals surface area contributed by atoms with Gasteiger partial charge in [0.05, 0.1) is 41.5 Å². The molecule has 3 atom stereocenters. The summed E-state index contributed by atoms with van der Waals surface area (Å²) in [6.45, 7) is 4.03. The Morgan fingerprint density at radius 3 is 2.63 bits per heavy atom. The maximum absolute atomic E-state index is 12.9. The quantitative estimate of drug-likeness (QED) is 0.505. The third-order valence-electron chi connectivity index (χ3n) is 7.03. The van der Waals surface area contributed by atoms with Crippen LogP contribution in [0, 0.1) is 13.8 Å². The first-order valence-electron chi connectivity index (χ1n) is 11.9. The lowest BCUT2D eigenvalue weighted by Crippen LogP contribution is -2.39. The molecule has 2 unspecified atom stereocenters. The maximum atomic E-state index is 12.9. The number of methoxy groups -OCH3 is 1. The van der Waals surface area contributed by atoms with E-state index in [-0.39, 0.29) is 30.6 Å². The summed E-state index contributed by atoms with van der Waals surface area (Å²) >= 11 is 0. The van der Waals surface area contributed by atoms with Crippen LogP contribution < -0.4 is 10.6 Å². The van der Waals surface area contributed by atoms with Crippen molar-refractivity contribution in [3.05, 3.63) is 39.6 Å². The number of aromatic nitrogens is 4. The van der Waals surface area contributed by atoms with E-state index >= 15 is 0 Å². The van der Waals surface area contributed by atoms with Crippen molar-refractivity contribution in [3.8, 4) is 0 Å². The fraction of sp³-hybridized carbons (Fsp3) is 0.560. The number of alkyl halides is 2. The Kier molecular flexibility index (Phi) is 6.69. The molecule has 1 aliphatic carbocycles. The number of hydrogen-bond acceptors (Lipinski definition) is 7. The molecule has 8 nitrogen and oxygen atoms in total. The summed E-state index contributed by atoms with van der Waals surface area (Å²) in [4.78, 5) is 9.67. The fourth-order valence-corrected chi connectivity index (χ4v) is 5.38. The number of imidazole rings is 1. The summed E-state index contributed by atoms with van der Waals surface area (Å²) in [5.41, 5.74) is 3.38. The van der Waals surface area contributed by atoms with Gasteiger partial charge in [-0.05, 0) is 45.8 Å². The Labute approximate surface area is 201 Å². The number of pyridine rings is 1. The van der Waals surface area contributed by atoms with Gasteiger partial charge in [-0.25, -0.2) is 4.98 Å². The van der Waals surface area contributed by atoms with Crippen LogP contribution in [-0.4, -0.2) is 59.3 Å². The molecule has 1 fully saturated rings. The first kappa shape index (κ1) is 24.0. The van der Waals surface area contributed by atoms with E-state index in [4.69, 9.17) is 28.7 Å². The third-order valence-corrected chi connectivity index (χ3v) is 7.03. The van der Waals surface area contributed by atoms with Gasteiger partial charge in [0.15, 0.2) is 0 Å². The van der Waals surface area contributed by atoms with Crippen molar-refractivity contribution in [2.45, 2.75) is 64.2 Å². The highest BCUT2D eigenvalue weighted by molar-refractivity contribution is 5.78. The number of fused-ring (bicyclic) bond motifs is 3. The molecule has 0 saturated carbocycles. The molecule has 2 aliphatic rings. The van der Waals surface area contributed by atoms with Crippen molar-refractivity contribution in [1.82, 2.24) is 19.7 Å². The number of ether oxygens (including phenoxy) is 3. The number of nitrogens with zero attached hydrogens (tertiary/aromatic N) is 4. The van der Waals surface area contributed by atoms with E-state index in [0.717, 1.165) is 57.3 Å². The van der Waals surface area contributed by atoms with E-state index in [1.54, 1.807) is 13.3 Å². The Hall–Kier alpha value is -2.69. The normalized spacial score (nSPS) is 21.7. The Morgan fingerprint density at radius 1 is 1.20 bits per heavy atom.